The zero-order valence-corrected chi connectivity index (χ0v) is 11.6. The molecule has 0 aliphatic rings. The predicted molar refractivity (Wildman–Crippen MR) is 75.1 cm³/mol. The number of halogens is 1. The molecule has 0 aliphatic heterocycles. The molecule has 2 aromatic heterocycles. The number of nitrogens with two attached hydrogens (primary N) is 1. The molecule has 2 heterocycles. The van der Waals surface area contributed by atoms with E-state index in [4.69, 9.17) is 21.8 Å². The van der Waals surface area contributed by atoms with E-state index in [9.17, 15) is 0 Å². The first-order chi connectivity index (χ1) is 9.70. The third-order valence-corrected chi connectivity index (χ3v) is 3.45. The van der Waals surface area contributed by atoms with Crippen molar-refractivity contribution >= 4 is 29.3 Å². The Balaban J connectivity index is 1.69. The highest BCUT2D eigenvalue weighted by Crippen LogP contribution is 2.23. The monoisotopic (exact) mass is 308 g/mol. The van der Waals surface area contributed by atoms with Gasteiger partial charge in [-0.1, -0.05) is 23.4 Å². The normalized spacial score (nSPS) is 10.8. The number of nitrogens with one attached hydrogen (secondary N) is 1. The van der Waals surface area contributed by atoms with Crippen LogP contribution in [-0.4, -0.2) is 25.4 Å². The maximum absolute atomic E-state index is 5.83. The van der Waals surface area contributed by atoms with Gasteiger partial charge >= 0.3 is 0 Å². The lowest BCUT2D eigenvalue weighted by atomic mass is 10.2. The molecule has 1 aromatic carbocycles. The fourth-order valence-electron chi connectivity index (χ4n) is 1.47. The lowest BCUT2D eigenvalue weighted by Gasteiger charge is -1.94. The van der Waals surface area contributed by atoms with E-state index in [1.807, 2.05) is 12.1 Å². The molecule has 102 valence electrons. The van der Waals surface area contributed by atoms with Gasteiger partial charge in [0.2, 0.25) is 22.9 Å². The van der Waals surface area contributed by atoms with Crippen LogP contribution in [0.3, 0.4) is 0 Å². The van der Waals surface area contributed by atoms with Gasteiger partial charge in [-0.2, -0.15) is 4.98 Å². The van der Waals surface area contributed by atoms with Crippen LogP contribution in [0, 0.1) is 0 Å². The zero-order chi connectivity index (χ0) is 13.9. The second-order valence-electron chi connectivity index (χ2n) is 3.80. The molecule has 0 radical (unpaired) electrons. The molecule has 9 heteroatoms. The number of rotatable bonds is 4. The van der Waals surface area contributed by atoms with Crippen molar-refractivity contribution in [1.29, 1.82) is 0 Å². The summed E-state index contributed by atoms with van der Waals surface area (Å²) in [5.41, 5.74) is 6.25. The van der Waals surface area contributed by atoms with Crippen molar-refractivity contribution in [2.24, 2.45) is 0 Å². The highest BCUT2D eigenvalue weighted by atomic mass is 35.5. The molecular weight excluding hydrogens is 300 g/mol. The summed E-state index contributed by atoms with van der Waals surface area (Å²) in [5.74, 6) is 1.69. The van der Waals surface area contributed by atoms with Gasteiger partial charge in [0.1, 0.15) is 0 Å². The van der Waals surface area contributed by atoms with Crippen LogP contribution in [0.4, 0.5) is 5.95 Å². The number of thioether (sulfide) groups is 1. The molecule has 0 spiro atoms. The van der Waals surface area contributed by atoms with Crippen molar-refractivity contribution in [3.05, 3.63) is 35.2 Å². The Hall–Kier alpha value is -2.06. The lowest BCUT2D eigenvalue weighted by molar-refractivity contribution is 0.528. The number of hydrogen-bond donors (Lipinski definition) is 2. The maximum atomic E-state index is 5.83. The number of anilines is 1. The molecule has 3 aromatic rings. The second-order valence-corrected chi connectivity index (χ2v) is 5.18. The first-order valence-corrected chi connectivity index (χ1v) is 6.96. The smallest absolute Gasteiger partial charge is 0.247 e. The van der Waals surface area contributed by atoms with Gasteiger partial charge in [-0.3, -0.25) is 0 Å². The van der Waals surface area contributed by atoms with Gasteiger partial charge in [-0.15, -0.1) is 15.3 Å². The summed E-state index contributed by atoms with van der Waals surface area (Å²) in [5, 5.41) is 15.6. The summed E-state index contributed by atoms with van der Waals surface area (Å²) in [6.07, 6.45) is 0. The number of aromatic nitrogens is 5. The number of H-pyrrole nitrogens is 1. The summed E-state index contributed by atoms with van der Waals surface area (Å²) in [4.78, 5) is 3.97. The van der Waals surface area contributed by atoms with Gasteiger partial charge in [0.15, 0.2) is 0 Å². The molecule has 0 fully saturated rings. The molecule has 0 saturated heterocycles. The predicted octanol–water partition coefficient (Wildman–Crippen LogP) is 2.38. The molecule has 0 aliphatic carbocycles. The Labute approximate surface area is 122 Å². The molecule has 0 atom stereocenters. The highest BCUT2D eigenvalue weighted by molar-refractivity contribution is 7.98. The van der Waals surface area contributed by atoms with Crippen LogP contribution in [0.15, 0.2) is 33.8 Å². The Morgan fingerprint density at radius 1 is 1.25 bits per heavy atom. The molecule has 0 bridgehead atoms. The van der Waals surface area contributed by atoms with Crippen LogP contribution in [0.25, 0.3) is 11.5 Å². The number of hydrogen-bond acceptors (Lipinski definition) is 7. The van der Waals surface area contributed by atoms with Crippen LogP contribution in [0.5, 0.6) is 0 Å². The molecule has 7 nitrogen and oxygen atoms in total. The summed E-state index contributed by atoms with van der Waals surface area (Å²) < 4.78 is 5.55. The first-order valence-electron chi connectivity index (χ1n) is 5.60. The van der Waals surface area contributed by atoms with Gasteiger partial charge < -0.3 is 10.2 Å². The van der Waals surface area contributed by atoms with E-state index in [2.05, 4.69) is 25.4 Å². The molecule has 0 unspecified atom stereocenters. The molecular formula is C11H9ClN6OS. The van der Waals surface area contributed by atoms with E-state index in [0.717, 1.165) is 5.56 Å². The van der Waals surface area contributed by atoms with Crippen LogP contribution in [0.1, 0.15) is 5.89 Å². The van der Waals surface area contributed by atoms with Crippen LogP contribution < -0.4 is 5.73 Å². The molecule has 0 amide bonds. The second kappa shape index (κ2) is 5.51. The van der Waals surface area contributed by atoms with Crippen molar-refractivity contribution in [2.45, 2.75) is 10.9 Å². The highest BCUT2D eigenvalue weighted by Gasteiger charge is 2.10. The van der Waals surface area contributed by atoms with Gasteiger partial charge in [-0.05, 0) is 24.3 Å². The third kappa shape index (κ3) is 2.91. The van der Waals surface area contributed by atoms with Gasteiger partial charge in [0.05, 0.1) is 5.75 Å². The minimum Gasteiger partial charge on any atom is -0.420 e. The van der Waals surface area contributed by atoms with Crippen molar-refractivity contribution < 1.29 is 4.42 Å². The zero-order valence-electron chi connectivity index (χ0n) is 10.1. The Bertz CT molecular complexity index is 710. The molecule has 0 saturated carbocycles. The fraction of sp³-hybridized carbons (Fsp3) is 0.0909. The number of aromatic amines is 1. The lowest BCUT2D eigenvalue weighted by Crippen LogP contribution is -1.85. The van der Waals surface area contributed by atoms with Crippen molar-refractivity contribution in [2.75, 3.05) is 5.73 Å². The first kappa shape index (κ1) is 12.9. The quantitative estimate of drug-likeness (QED) is 0.712. The largest absolute Gasteiger partial charge is 0.420 e. The topological polar surface area (TPSA) is 107 Å². The van der Waals surface area contributed by atoms with Crippen LogP contribution in [-0.2, 0) is 5.75 Å². The van der Waals surface area contributed by atoms with Gasteiger partial charge in [0, 0.05) is 10.6 Å². The Morgan fingerprint density at radius 3 is 2.75 bits per heavy atom. The standard InChI is InChI=1S/C11H9ClN6OS/c12-7-3-1-6(2-4-7)9-16-15-8(19-9)5-20-11-14-10(13)17-18-11/h1-4H,5H2,(H3,13,14,17,18). The Kier molecular flexibility index (Phi) is 3.57. The minimum atomic E-state index is 0.278. The summed E-state index contributed by atoms with van der Waals surface area (Å²) >= 11 is 7.18. The number of nitrogens with zero attached hydrogens (tertiary/aromatic N) is 4. The van der Waals surface area contributed by atoms with Crippen LogP contribution >= 0.6 is 23.4 Å². The van der Waals surface area contributed by atoms with E-state index < -0.39 is 0 Å². The van der Waals surface area contributed by atoms with E-state index in [-0.39, 0.29) is 5.95 Å². The average Bonchev–Trinajstić information content (AvgIpc) is 3.06. The summed E-state index contributed by atoms with van der Waals surface area (Å²) in [6.45, 7) is 0. The van der Waals surface area contributed by atoms with Crippen molar-refractivity contribution in [3.8, 4) is 11.5 Å². The third-order valence-electron chi connectivity index (χ3n) is 2.36. The van der Waals surface area contributed by atoms with Crippen molar-refractivity contribution in [1.82, 2.24) is 25.4 Å². The maximum Gasteiger partial charge on any atom is 0.247 e. The summed E-state index contributed by atoms with van der Waals surface area (Å²) in [7, 11) is 0. The van der Waals surface area contributed by atoms with E-state index in [1.165, 1.54) is 11.8 Å². The van der Waals surface area contributed by atoms with E-state index in [0.29, 0.717) is 27.7 Å². The van der Waals surface area contributed by atoms with Crippen molar-refractivity contribution in [3.63, 3.8) is 0 Å². The average molecular weight is 309 g/mol. The molecule has 3 N–H and O–H groups in total. The SMILES string of the molecule is Nc1nc(SCc2nnc(-c3ccc(Cl)cc3)o2)n[nH]1. The number of benzene rings is 1. The minimum absolute atomic E-state index is 0.278. The summed E-state index contributed by atoms with van der Waals surface area (Å²) in [6, 6.07) is 7.18. The molecule has 20 heavy (non-hydrogen) atoms. The number of nitrogen functional groups attached to an aromatic ring is 1. The van der Waals surface area contributed by atoms with E-state index in [1.54, 1.807) is 12.1 Å². The van der Waals surface area contributed by atoms with E-state index >= 15 is 0 Å². The van der Waals surface area contributed by atoms with Gasteiger partial charge in [0.25, 0.3) is 0 Å². The molecule has 3 rings (SSSR count). The van der Waals surface area contributed by atoms with Gasteiger partial charge in [-0.25, -0.2) is 5.10 Å². The van der Waals surface area contributed by atoms with Crippen LogP contribution in [0.2, 0.25) is 5.02 Å². The fourth-order valence-corrected chi connectivity index (χ4v) is 2.24. The Morgan fingerprint density at radius 2 is 2.05 bits per heavy atom.